The van der Waals surface area contributed by atoms with Crippen molar-refractivity contribution in [3.63, 3.8) is 0 Å². The third kappa shape index (κ3) is 3.13. The maximum absolute atomic E-state index is 6.04. The number of thiazole rings is 1. The minimum absolute atomic E-state index is 0.735. The molecule has 4 rings (SSSR count). The molecule has 0 spiro atoms. The summed E-state index contributed by atoms with van der Waals surface area (Å²) >= 11 is 13.7. The third-order valence-electron chi connectivity index (χ3n) is 3.61. The van der Waals surface area contributed by atoms with Crippen LogP contribution >= 0.6 is 34.5 Å². The van der Waals surface area contributed by atoms with E-state index in [1.54, 1.807) is 11.3 Å². The highest BCUT2D eigenvalue weighted by Crippen LogP contribution is 2.26. The van der Waals surface area contributed by atoms with Crippen molar-refractivity contribution in [2.24, 2.45) is 0 Å². The lowest BCUT2D eigenvalue weighted by atomic mass is 10.1. The van der Waals surface area contributed by atoms with Gasteiger partial charge in [0.05, 0.1) is 5.69 Å². The van der Waals surface area contributed by atoms with Gasteiger partial charge in [0.25, 0.3) is 0 Å². The molecule has 0 aliphatic rings. The van der Waals surface area contributed by atoms with Crippen LogP contribution in [-0.4, -0.2) is 9.38 Å². The fraction of sp³-hybridized carbons (Fsp3) is 0.0556. The van der Waals surface area contributed by atoms with Crippen LogP contribution in [-0.2, 0) is 6.42 Å². The van der Waals surface area contributed by atoms with Gasteiger partial charge < -0.3 is 0 Å². The fourth-order valence-corrected chi connectivity index (χ4v) is 3.87. The van der Waals surface area contributed by atoms with Gasteiger partial charge in [-0.2, -0.15) is 0 Å². The predicted molar refractivity (Wildman–Crippen MR) is 97.8 cm³/mol. The van der Waals surface area contributed by atoms with E-state index < -0.39 is 0 Å². The van der Waals surface area contributed by atoms with Gasteiger partial charge in [0, 0.05) is 39.3 Å². The maximum Gasteiger partial charge on any atom is 0.194 e. The van der Waals surface area contributed by atoms with Gasteiger partial charge in [0.2, 0.25) is 0 Å². The summed E-state index contributed by atoms with van der Waals surface area (Å²) in [4.78, 5) is 6.96. The first-order valence-electron chi connectivity index (χ1n) is 7.15. The number of benzene rings is 2. The molecule has 2 nitrogen and oxygen atoms in total. The Balaban J connectivity index is 1.62. The Bertz CT molecular complexity index is 939. The molecule has 0 radical (unpaired) electrons. The van der Waals surface area contributed by atoms with Crippen molar-refractivity contribution in [2.75, 3.05) is 0 Å². The molecule has 2 heterocycles. The Morgan fingerprint density at radius 3 is 2.52 bits per heavy atom. The van der Waals surface area contributed by atoms with E-state index in [0.29, 0.717) is 0 Å². The average molecular weight is 359 g/mol. The zero-order valence-corrected chi connectivity index (χ0v) is 14.4. The Morgan fingerprint density at radius 1 is 0.957 bits per heavy atom. The summed E-state index contributed by atoms with van der Waals surface area (Å²) in [7, 11) is 0. The molecule has 0 aliphatic carbocycles. The second kappa shape index (κ2) is 6.00. The Hall–Kier alpha value is -1.81. The van der Waals surface area contributed by atoms with Crippen LogP contribution in [0.25, 0.3) is 16.2 Å². The van der Waals surface area contributed by atoms with Gasteiger partial charge in [-0.15, -0.1) is 11.3 Å². The van der Waals surface area contributed by atoms with Crippen molar-refractivity contribution < 1.29 is 0 Å². The molecule has 0 N–H and O–H groups in total. The molecule has 2 aromatic carbocycles. The average Bonchev–Trinajstić information content (AvgIpc) is 3.06. The molecular weight excluding hydrogens is 347 g/mol. The van der Waals surface area contributed by atoms with Crippen LogP contribution in [0.5, 0.6) is 0 Å². The maximum atomic E-state index is 6.04. The van der Waals surface area contributed by atoms with Crippen LogP contribution in [0.15, 0.2) is 60.9 Å². The molecule has 0 bridgehead atoms. The largest absolute Gasteiger partial charge is 0.297 e. The van der Waals surface area contributed by atoms with Gasteiger partial charge in [-0.1, -0.05) is 47.5 Å². The minimum Gasteiger partial charge on any atom is -0.297 e. The van der Waals surface area contributed by atoms with Crippen LogP contribution in [0.3, 0.4) is 0 Å². The summed E-state index contributed by atoms with van der Waals surface area (Å²) in [6, 6.07) is 15.7. The molecular formula is C18H12Cl2N2S. The number of imidazole rings is 1. The zero-order valence-electron chi connectivity index (χ0n) is 12.0. The molecule has 23 heavy (non-hydrogen) atoms. The van der Waals surface area contributed by atoms with E-state index >= 15 is 0 Å². The highest BCUT2D eigenvalue weighted by Gasteiger charge is 2.09. The van der Waals surface area contributed by atoms with Crippen LogP contribution in [0.2, 0.25) is 10.0 Å². The molecule has 5 heteroatoms. The molecule has 0 saturated carbocycles. The van der Waals surface area contributed by atoms with Crippen molar-refractivity contribution in [1.82, 2.24) is 9.38 Å². The molecule has 114 valence electrons. The first kappa shape index (κ1) is 14.8. The lowest BCUT2D eigenvalue weighted by Gasteiger charge is -1.98. The van der Waals surface area contributed by atoms with E-state index in [1.165, 1.54) is 10.4 Å². The SMILES string of the molecule is Clc1ccc(-c2cn3cc(Cc4cccc(Cl)c4)sc3n2)cc1. The topological polar surface area (TPSA) is 17.3 Å². The predicted octanol–water partition coefficient (Wildman–Crippen LogP) is 5.96. The highest BCUT2D eigenvalue weighted by atomic mass is 35.5. The van der Waals surface area contributed by atoms with Crippen LogP contribution in [0.1, 0.15) is 10.4 Å². The number of halogens is 2. The molecule has 0 aliphatic heterocycles. The number of fused-ring (bicyclic) bond motifs is 1. The minimum atomic E-state index is 0.735. The summed E-state index contributed by atoms with van der Waals surface area (Å²) in [6.45, 7) is 0. The number of nitrogens with zero attached hydrogens (tertiary/aromatic N) is 2. The molecule has 4 aromatic rings. The molecule has 0 fully saturated rings. The first-order valence-corrected chi connectivity index (χ1v) is 8.72. The first-order chi connectivity index (χ1) is 11.2. The summed E-state index contributed by atoms with van der Waals surface area (Å²) < 4.78 is 2.08. The molecule has 2 aromatic heterocycles. The van der Waals surface area contributed by atoms with Crippen molar-refractivity contribution in [2.45, 2.75) is 6.42 Å². The summed E-state index contributed by atoms with van der Waals surface area (Å²) in [5.74, 6) is 0. The van der Waals surface area contributed by atoms with Crippen molar-refractivity contribution in [3.05, 3.63) is 81.4 Å². The quantitative estimate of drug-likeness (QED) is 0.441. The summed E-state index contributed by atoms with van der Waals surface area (Å²) in [6.07, 6.45) is 5.05. The standard InChI is InChI=1S/C18H12Cl2N2S/c19-14-6-4-13(5-7-14)17-11-22-10-16(23-18(22)21-17)9-12-2-1-3-15(20)8-12/h1-8,10-11H,9H2. The summed E-state index contributed by atoms with van der Waals surface area (Å²) in [5.41, 5.74) is 3.24. The van der Waals surface area contributed by atoms with Crippen molar-refractivity contribution in [3.8, 4) is 11.3 Å². The van der Waals surface area contributed by atoms with E-state index in [4.69, 9.17) is 28.2 Å². The zero-order chi connectivity index (χ0) is 15.8. The monoisotopic (exact) mass is 358 g/mol. The van der Waals surface area contributed by atoms with E-state index in [1.807, 2.05) is 42.5 Å². The van der Waals surface area contributed by atoms with Crippen molar-refractivity contribution >= 4 is 39.5 Å². The molecule has 0 amide bonds. The highest BCUT2D eigenvalue weighted by molar-refractivity contribution is 7.17. The summed E-state index contributed by atoms with van der Waals surface area (Å²) in [5, 5.41) is 1.51. The molecule has 0 unspecified atom stereocenters. The number of aromatic nitrogens is 2. The Kier molecular flexibility index (Phi) is 3.85. The van der Waals surface area contributed by atoms with Crippen molar-refractivity contribution in [1.29, 1.82) is 0 Å². The van der Waals surface area contributed by atoms with Gasteiger partial charge in [-0.3, -0.25) is 4.40 Å². The second-order valence-electron chi connectivity index (χ2n) is 5.33. The van der Waals surface area contributed by atoms with Gasteiger partial charge >= 0.3 is 0 Å². The van der Waals surface area contributed by atoms with E-state index in [9.17, 15) is 0 Å². The Labute approximate surface area is 147 Å². The number of rotatable bonds is 3. The van der Waals surface area contributed by atoms with Crippen LogP contribution in [0.4, 0.5) is 0 Å². The van der Waals surface area contributed by atoms with Gasteiger partial charge in [-0.05, 0) is 29.8 Å². The number of hydrogen-bond donors (Lipinski definition) is 0. The Morgan fingerprint density at radius 2 is 1.78 bits per heavy atom. The molecule has 0 atom stereocenters. The van der Waals surface area contributed by atoms with Gasteiger partial charge in [0.15, 0.2) is 4.96 Å². The van der Waals surface area contributed by atoms with E-state index in [-0.39, 0.29) is 0 Å². The number of hydrogen-bond acceptors (Lipinski definition) is 2. The smallest absolute Gasteiger partial charge is 0.194 e. The van der Waals surface area contributed by atoms with E-state index in [2.05, 4.69) is 22.9 Å². The van der Waals surface area contributed by atoms with Crippen LogP contribution < -0.4 is 0 Å². The van der Waals surface area contributed by atoms with Gasteiger partial charge in [0.1, 0.15) is 0 Å². The van der Waals surface area contributed by atoms with Crippen LogP contribution in [0, 0.1) is 0 Å². The van der Waals surface area contributed by atoms with Gasteiger partial charge in [-0.25, -0.2) is 4.98 Å². The fourth-order valence-electron chi connectivity index (χ4n) is 2.53. The normalized spacial score (nSPS) is 11.2. The molecule has 0 saturated heterocycles. The van der Waals surface area contributed by atoms with E-state index in [0.717, 1.165) is 32.7 Å². The lowest BCUT2D eigenvalue weighted by Crippen LogP contribution is -1.84. The lowest BCUT2D eigenvalue weighted by molar-refractivity contribution is 1.16. The third-order valence-corrected chi connectivity index (χ3v) is 5.09. The second-order valence-corrected chi connectivity index (χ2v) is 7.29.